The molecule has 1 aromatic carbocycles. The van der Waals surface area contributed by atoms with Crippen LogP contribution in [0.15, 0.2) is 18.2 Å². The van der Waals surface area contributed by atoms with Crippen molar-refractivity contribution in [2.45, 2.75) is 57.8 Å². The summed E-state index contributed by atoms with van der Waals surface area (Å²) >= 11 is 17.3. The number of aryl methyl sites for hydroxylation is 3. The van der Waals surface area contributed by atoms with Crippen LogP contribution in [0.3, 0.4) is 0 Å². The van der Waals surface area contributed by atoms with Gasteiger partial charge in [-0.1, -0.05) is 18.2 Å². The third kappa shape index (κ3) is 8.33. The van der Waals surface area contributed by atoms with Crippen LogP contribution in [-0.4, -0.2) is 17.6 Å². The molecule has 0 amide bonds. The monoisotopic (exact) mass is 348 g/mol. The molecule has 3 heteroatoms. The highest BCUT2D eigenvalue weighted by Crippen LogP contribution is 2.19. The molecule has 0 spiro atoms. The first-order chi connectivity index (χ1) is 10.3. The van der Waals surface area contributed by atoms with Crippen LogP contribution < -0.4 is 0 Å². The summed E-state index contributed by atoms with van der Waals surface area (Å²) in [5.41, 5.74) is 4.45. The Morgan fingerprint density at radius 1 is 0.571 bits per heavy atom. The van der Waals surface area contributed by atoms with Gasteiger partial charge in [-0.05, 0) is 74.5 Å². The lowest BCUT2D eigenvalue weighted by molar-refractivity contribution is 0.755. The molecule has 0 saturated heterocycles. The molecule has 0 N–H and O–H groups in total. The Balaban J connectivity index is 2.65. The lowest BCUT2D eigenvalue weighted by Gasteiger charge is -2.12. The van der Waals surface area contributed by atoms with E-state index in [1.165, 1.54) is 36.0 Å². The number of rotatable bonds is 12. The van der Waals surface area contributed by atoms with Crippen molar-refractivity contribution in [3.8, 4) is 0 Å². The second kappa shape index (κ2) is 12.6. The van der Waals surface area contributed by atoms with E-state index in [-0.39, 0.29) is 0 Å². The lowest BCUT2D eigenvalue weighted by atomic mass is 9.94. The van der Waals surface area contributed by atoms with Crippen LogP contribution in [0.4, 0.5) is 0 Å². The minimum atomic E-state index is 0.761. The highest BCUT2D eigenvalue weighted by atomic mass is 35.5. The van der Waals surface area contributed by atoms with Crippen LogP contribution in [0.2, 0.25) is 0 Å². The lowest BCUT2D eigenvalue weighted by Crippen LogP contribution is -1.99. The molecule has 0 unspecified atom stereocenters. The minimum Gasteiger partial charge on any atom is -0.127 e. The Hall–Kier alpha value is 0.0900. The molecule has 0 atom stereocenters. The van der Waals surface area contributed by atoms with Gasteiger partial charge in [0.2, 0.25) is 0 Å². The van der Waals surface area contributed by atoms with Crippen LogP contribution in [0.5, 0.6) is 0 Å². The van der Waals surface area contributed by atoms with Gasteiger partial charge in [0.25, 0.3) is 0 Å². The van der Waals surface area contributed by atoms with E-state index < -0.39 is 0 Å². The smallest absolute Gasteiger partial charge is 0.0223 e. The fourth-order valence-electron chi connectivity index (χ4n) is 2.55. The summed E-state index contributed by atoms with van der Waals surface area (Å²) < 4.78 is 0. The van der Waals surface area contributed by atoms with Crippen LogP contribution >= 0.6 is 34.8 Å². The first-order valence-electron chi connectivity index (χ1n) is 8.10. The van der Waals surface area contributed by atoms with E-state index in [4.69, 9.17) is 34.8 Å². The number of unbranched alkanes of at least 4 members (excludes halogenated alkanes) is 3. The summed E-state index contributed by atoms with van der Waals surface area (Å²) in [6, 6.07) is 7.01. The van der Waals surface area contributed by atoms with Gasteiger partial charge in [0.1, 0.15) is 0 Å². The third-order valence-electron chi connectivity index (χ3n) is 3.78. The van der Waals surface area contributed by atoms with Crippen molar-refractivity contribution in [2.24, 2.45) is 0 Å². The maximum absolute atomic E-state index is 5.80. The normalized spacial score (nSPS) is 11.0. The average molecular weight is 350 g/mol. The van der Waals surface area contributed by atoms with Crippen molar-refractivity contribution in [1.82, 2.24) is 0 Å². The van der Waals surface area contributed by atoms with Gasteiger partial charge in [-0.25, -0.2) is 0 Å². The van der Waals surface area contributed by atoms with Gasteiger partial charge in [-0.2, -0.15) is 0 Å². The number of halogens is 3. The maximum atomic E-state index is 5.80. The van der Waals surface area contributed by atoms with Gasteiger partial charge in [0, 0.05) is 17.6 Å². The third-order valence-corrected chi connectivity index (χ3v) is 4.58. The SMILES string of the molecule is ClCCCCc1ccc(CCCCCl)c(CCCCCl)c1. The minimum absolute atomic E-state index is 0.761. The Morgan fingerprint density at radius 2 is 1.10 bits per heavy atom. The quantitative estimate of drug-likeness (QED) is 0.304. The molecule has 0 nitrogen and oxygen atoms in total. The van der Waals surface area contributed by atoms with Crippen LogP contribution in [-0.2, 0) is 19.3 Å². The molecule has 0 saturated carbocycles. The van der Waals surface area contributed by atoms with Crippen LogP contribution in [0, 0.1) is 0 Å². The van der Waals surface area contributed by atoms with E-state index in [0.29, 0.717) is 0 Å². The van der Waals surface area contributed by atoms with Gasteiger partial charge in [0.05, 0.1) is 0 Å². The van der Waals surface area contributed by atoms with Crippen molar-refractivity contribution in [1.29, 1.82) is 0 Å². The molecule has 1 aromatic rings. The van der Waals surface area contributed by atoms with Crippen molar-refractivity contribution in [2.75, 3.05) is 17.6 Å². The van der Waals surface area contributed by atoms with Gasteiger partial charge >= 0.3 is 0 Å². The highest BCUT2D eigenvalue weighted by Gasteiger charge is 2.05. The van der Waals surface area contributed by atoms with E-state index in [1.807, 2.05) is 0 Å². The van der Waals surface area contributed by atoms with Crippen molar-refractivity contribution in [3.05, 3.63) is 34.9 Å². The maximum Gasteiger partial charge on any atom is 0.0223 e. The largest absolute Gasteiger partial charge is 0.127 e. The van der Waals surface area contributed by atoms with E-state index in [9.17, 15) is 0 Å². The Labute approximate surface area is 145 Å². The van der Waals surface area contributed by atoms with Crippen molar-refractivity contribution in [3.63, 3.8) is 0 Å². The molecule has 1 rings (SSSR count). The van der Waals surface area contributed by atoms with E-state index >= 15 is 0 Å². The average Bonchev–Trinajstić information content (AvgIpc) is 2.50. The molecular weight excluding hydrogens is 323 g/mol. The summed E-state index contributed by atoms with van der Waals surface area (Å²) in [6.45, 7) is 0. The zero-order chi connectivity index (χ0) is 15.3. The second-order valence-corrected chi connectivity index (χ2v) is 6.68. The predicted octanol–water partition coefficient (Wildman–Crippen LogP) is 6.37. The first kappa shape index (κ1) is 19.1. The molecule has 0 fully saturated rings. The van der Waals surface area contributed by atoms with Gasteiger partial charge in [0.15, 0.2) is 0 Å². The van der Waals surface area contributed by atoms with Gasteiger partial charge < -0.3 is 0 Å². The fourth-order valence-corrected chi connectivity index (χ4v) is 3.12. The number of hydrogen-bond donors (Lipinski definition) is 0. The zero-order valence-corrected chi connectivity index (χ0v) is 15.1. The van der Waals surface area contributed by atoms with Gasteiger partial charge in [-0.3, -0.25) is 0 Å². The second-order valence-electron chi connectivity index (χ2n) is 5.54. The van der Waals surface area contributed by atoms with Gasteiger partial charge in [-0.15, -0.1) is 34.8 Å². The fraction of sp³-hybridized carbons (Fsp3) is 0.667. The summed E-state index contributed by atoms with van der Waals surface area (Å²) in [4.78, 5) is 0. The van der Waals surface area contributed by atoms with E-state index in [2.05, 4.69) is 18.2 Å². The van der Waals surface area contributed by atoms with E-state index in [1.54, 1.807) is 0 Å². The number of hydrogen-bond acceptors (Lipinski definition) is 0. The predicted molar refractivity (Wildman–Crippen MR) is 97.4 cm³/mol. The molecule has 120 valence electrons. The van der Waals surface area contributed by atoms with Crippen molar-refractivity contribution < 1.29 is 0 Å². The van der Waals surface area contributed by atoms with Crippen LogP contribution in [0.25, 0.3) is 0 Å². The summed E-state index contributed by atoms with van der Waals surface area (Å²) in [7, 11) is 0. The molecule has 0 aromatic heterocycles. The molecule has 0 aliphatic heterocycles. The summed E-state index contributed by atoms with van der Waals surface area (Å²) in [5, 5.41) is 0. The first-order valence-corrected chi connectivity index (χ1v) is 9.70. The molecule has 21 heavy (non-hydrogen) atoms. The molecule has 0 bridgehead atoms. The number of alkyl halides is 3. The zero-order valence-electron chi connectivity index (χ0n) is 12.9. The molecular formula is C18H27Cl3. The van der Waals surface area contributed by atoms with Crippen LogP contribution in [0.1, 0.15) is 55.2 Å². The Morgan fingerprint density at radius 3 is 1.67 bits per heavy atom. The topological polar surface area (TPSA) is 0 Å². The Kier molecular flexibility index (Phi) is 11.5. The molecule has 0 radical (unpaired) electrons. The summed E-state index contributed by atoms with van der Waals surface area (Å²) in [6.07, 6.45) is 10.2. The molecule has 0 aliphatic carbocycles. The standard InChI is InChI=1S/C18H27Cl3/c19-12-4-1-7-16-10-11-17(8-2-5-13-20)18(15-16)9-3-6-14-21/h10-11,15H,1-9,12-14H2. The number of benzene rings is 1. The summed E-state index contributed by atoms with van der Waals surface area (Å²) in [5.74, 6) is 2.29. The molecule has 0 heterocycles. The molecule has 0 aliphatic rings. The van der Waals surface area contributed by atoms with E-state index in [0.717, 1.165) is 56.2 Å². The highest BCUT2D eigenvalue weighted by molar-refractivity contribution is 6.18. The van der Waals surface area contributed by atoms with Crippen molar-refractivity contribution >= 4 is 34.8 Å². The Bertz CT molecular complexity index is 377.